The highest BCUT2D eigenvalue weighted by Crippen LogP contribution is 2.30. The fourth-order valence-corrected chi connectivity index (χ4v) is 3.51. The maximum atomic E-state index is 10.6. The van der Waals surface area contributed by atoms with Crippen molar-refractivity contribution in [3.63, 3.8) is 0 Å². The molecule has 3 rings (SSSR count). The number of nitrogens with one attached hydrogen (secondary N) is 1. The number of phenolic OH excluding ortho intramolecular Hbond substituents is 1. The van der Waals surface area contributed by atoms with Gasteiger partial charge in [-0.15, -0.1) is 0 Å². The van der Waals surface area contributed by atoms with Crippen LogP contribution in [-0.2, 0) is 13.1 Å². The van der Waals surface area contributed by atoms with Gasteiger partial charge >= 0.3 is 0 Å². The van der Waals surface area contributed by atoms with E-state index < -0.39 is 0 Å². The number of rotatable bonds is 5. The first kappa shape index (κ1) is 14.7. The van der Waals surface area contributed by atoms with Gasteiger partial charge in [-0.05, 0) is 64.0 Å². The number of likely N-dealkylation sites (tertiary alicyclic amines) is 2. The zero-order chi connectivity index (χ0) is 14.7. The fraction of sp³-hybridized carbons (Fsp3) is 0.647. The van der Waals surface area contributed by atoms with E-state index >= 15 is 0 Å². The van der Waals surface area contributed by atoms with E-state index in [0.29, 0.717) is 5.75 Å². The molecule has 21 heavy (non-hydrogen) atoms. The normalized spacial score (nSPS) is 20.2. The summed E-state index contributed by atoms with van der Waals surface area (Å²) < 4.78 is 0. The average molecular weight is 289 g/mol. The van der Waals surface area contributed by atoms with E-state index in [1.54, 1.807) is 0 Å². The van der Waals surface area contributed by atoms with Gasteiger partial charge in [-0.1, -0.05) is 0 Å². The van der Waals surface area contributed by atoms with E-state index in [9.17, 15) is 5.11 Å². The fourth-order valence-electron chi connectivity index (χ4n) is 3.51. The summed E-state index contributed by atoms with van der Waals surface area (Å²) in [5, 5.41) is 13.9. The average Bonchev–Trinajstić information content (AvgIpc) is 3.16. The Balaban J connectivity index is 1.80. The molecule has 4 heteroatoms. The Morgan fingerprint density at radius 1 is 0.905 bits per heavy atom. The van der Waals surface area contributed by atoms with E-state index in [4.69, 9.17) is 0 Å². The van der Waals surface area contributed by atoms with Crippen LogP contribution in [0.5, 0.6) is 5.75 Å². The summed E-state index contributed by atoms with van der Waals surface area (Å²) in [6.45, 7) is 6.37. The van der Waals surface area contributed by atoms with Crippen LogP contribution in [0.3, 0.4) is 0 Å². The Labute approximate surface area is 127 Å². The third-order valence-corrected chi connectivity index (χ3v) is 4.74. The van der Waals surface area contributed by atoms with Gasteiger partial charge < -0.3 is 10.4 Å². The van der Waals surface area contributed by atoms with Crippen LogP contribution in [0, 0.1) is 0 Å². The van der Waals surface area contributed by atoms with Crippen LogP contribution in [0.1, 0.15) is 36.8 Å². The van der Waals surface area contributed by atoms with Crippen molar-refractivity contribution in [1.29, 1.82) is 0 Å². The van der Waals surface area contributed by atoms with Crippen LogP contribution in [-0.4, -0.2) is 48.1 Å². The lowest BCUT2D eigenvalue weighted by Crippen LogP contribution is -2.20. The summed E-state index contributed by atoms with van der Waals surface area (Å²) in [5.41, 5.74) is 3.24. The zero-order valence-electron chi connectivity index (χ0n) is 13.1. The quantitative estimate of drug-likeness (QED) is 0.817. The van der Waals surface area contributed by atoms with Gasteiger partial charge in [0, 0.05) is 37.0 Å². The van der Waals surface area contributed by atoms with Gasteiger partial charge in [0.05, 0.1) is 0 Å². The minimum Gasteiger partial charge on any atom is -0.507 e. The molecule has 0 radical (unpaired) electrons. The van der Waals surface area contributed by atoms with E-state index in [0.717, 1.165) is 56.1 Å². The molecule has 2 fully saturated rings. The Kier molecular flexibility index (Phi) is 4.66. The number of anilines is 1. The molecule has 0 saturated carbocycles. The van der Waals surface area contributed by atoms with Gasteiger partial charge in [-0.2, -0.15) is 0 Å². The van der Waals surface area contributed by atoms with E-state index in [-0.39, 0.29) is 0 Å². The summed E-state index contributed by atoms with van der Waals surface area (Å²) >= 11 is 0. The monoisotopic (exact) mass is 289 g/mol. The highest BCUT2D eigenvalue weighted by atomic mass is 16.3. The second-order valence-electron chi connectivity index (χ2n) is 6.36. The van der Waals surface area contributed by atoms with Crippen molar-refractivity contribution in [1.82, 2.24) is 9.80 Å². The summed E-state index contributed by atoms with van der Waals surface area (Å²) in [4.78, 5) is 4.88. The molecule has 2 N–H and O–H groups in total. The van der Waals surface area contributed by atoms with Crippen LogP contribution in [0.2, 0.25) is 0 Å². The molecule has 0 aromatic heterocycles. The molecule has 0 unspecified atom stereocenters. The van der Waals surface area contributed by atoms with Crippen molar-refractivity contribution < 1.29 is 5.11 Å². The Morgan fingerprint density at radius 3 is 1.71 bits per heavy atom. The van der Waals surface area contributed by atoms with Crippen molar-refractivity contribution in [3.8, 4) is 5.75 Å². The Bertz CT molecular complexity index is 438. The molecular weight excluding hydrogens is 262 g/mol. The third-order valence-electron chi connectivity index (χ3n) is 4.74. The van der Waals surface area contributed by atoms with Crippen molar-refractivity contribution >= 4 is 5.69 Å². The zero-order valence-corrected chi connectivity index (χ0v) is 13.1. The topological polar surface area (TPSA) is 38.7 Å². The standard InChI is InChI=1S/C17H27N3O/c1-18-16-10-14(12-19-6-2-3-7-19)17(21)15(11-16)13-20-8-4-5-9-20/h10-11,18,21H,2-9,12-13H2,1H3. The Morgan fingerprint density at radius 2 is 1.33 bits per heavy atom. The molecule has 0 amide bonds. The molecule has 4 nitrogen and oxygen atoms in total. The van der Waals surface area contributed by atoms with Crippen LogP contribution < -0.4 is 5.32 Å². The molecule has 2 aliphatic heterocycles. The maximum absolute atomic E-state index is 10.6. The highest BCUT2D eigenvalue weighted by molar-refractivity contribution is 5.55. The second kappa shape index (κ2) is 6.67. The van der Waals surface area contributed by atoms with Crippen LogP contribution in [0.4, 0.5) is 5.69 Å². The molecule has 1 aromatic rings. The largest absolute Gasteiger partial charge is 0.507 e. The van der Waals surface area contributed by atoms with Crippen LogP contribution >= 0.6 is 0 Å². The van der Waals surface area contributed by atoms with Gasteiger partial charge in [0.15, 0.2) is 0 Å². The maximum Gasteiger partial charge on any atom is 0.124 e. The predicted octanol–water partition coefficient (Wildman–Crippen LogP) is 2.63. The van der Waals surface area contributed by atoms with Crippen molar-refractivity contribution in [2.24, 2.45) is 0 Å². The minimum absolute atomic E-state index is 0.507. The lowest BCUT2D eigenvalue weighted by molar-refractivity contribution is 0.312. The van der Waals surface area contributed by atoms with Gasteiger partial charge in [0.25, 0.3) is 0 Å². The summed E-state index contributed by atoms with van der Waals surface area (Å²) in [5.74, 6) is 0.507. The lowest BCUT2D eigenvalue weighted by Gasteiger charge is -2.21. The lowest BCUT2D eigenvalue weighted by atomic mass is 10.1. The smallest absolute Gasteiger partial charge is 0.124 e. The number of hydrogen-bond donors (Lipinski definition) is 2. The molecule has 0 bridgehead atoms. The number of benzene rings is 1. The molecule has 2 saturated heterocycles. The van der Waals surface area contributed by atoms with E-state index in [1.165, 1.54) is 25.7 Å². The predicted molar refractivity (Wildman–Crippen MR) is 86.7 cm³/mol. The SMILES string of the molecule is CNc1cc(CN2CCCC2)c(O)c(CN2CCCC2)c1. The van der Waals surface area contributed by atoms with E-state index in [1.807, 2.05) is 7.05 Å². The third kappa shape index (κ3) is 3.50. The first-order chi connectivity index (χ1) is 10.3. The number of phenols is 1. The van der Waals surface area contributed by atoms with Crippen molar-refractivity contribution in [2.75, 3.05) is 38.5 Å². The molecule has 0 spiro atoms. The summed E-state index contributed by atoms with van der Waals surface area (Å²) in [7, 11) is 1.95. The second-order valence-corrected chi connectivity index (χ2v) is 6.36. The number of hydrogen-bond acceptors (Lipinski definition) is 4. The first-order valence-corrected chi connectivity index (χ1v) is 8.23. The van der Waals surface area contributed by atoms with Gasteiger partial charge in [-0.25, -0.2) is 0 Å². The molecule has 2 aliphatic rings. The molecule has 2 heterocycles. The van der Waals surface area contributed by atoms with Gasteiger partial charge in [0.2, 0.25) is 0 Å². The minimum atomic E-state index is 0.507. The van der Waals surface area contributed by atoms with Gasteiger partial charge in [-0.3, -0.25) is 9.80 Å². The molecular formula is C17H27N3O. The number of nitrogens with zero attached hydrogens (tertiary/aromatic N) is 2. The van der Waals surface area contributed by atoms with Gasteiger partial charge in [0.1, 0.15) is 5.75 Å². The van der Waals surface area contributed by atoms with E-state index in [2.05, 4.69) is 27.2 Å². The molecule has 0 atom stereocenters. The highest BCUT2D eigenvalue weighted by Gasteiger charge is 2.19. The van der Waals surface area contributed by atoms with Crippen molar-refractivity contribution in [2.45, 2.75) is 38.8 Å². The molecule has 1 aromatic carbocycles. The van der Waals surface area contributed by atoms with Crippen LogP contribution in [0.25, 0.3) is 0 Å². The summed E-state index contributed by atoms with van der Waals surface area (Å²) in [6, 6.07) is 4.20. The van der Waals surface area contributed by atoms with Crippen LogP contribution in [0.15, 0.2) is 12.1 Å². The molecule has 0 aliphatic carbocycles. The first-order valence-electron chi connectivity index (χ1n) is 8.23. The van der Waals surface area contributed by atoms with Crippen molar-refractivity contribution in [3.05, 3.63) is 23.3 Å². The molecule has 116 valence electrons. The number of aromatic hydroxyl groups is 1. The summed E-state index contributed by atoms with van der Waals surface area (Å²) in [6.07, 6.45) is 5.14. The Hall–Kier alpha value is -1.26.